The lowest BCUT2D eigenvalue weighted by Crippen LogP contribution is -2.24. The molecule has 0 spiro atoms. The van der Waals surface area contributed by atoms with Crippen molar-refractivity contribution in [3.63, 3.8) is 0 Å². The molecule has 0 aliphatic heterocycles. The van der Waals surface area contributed by atoms with Gasteiger partial charge >= 0.3 is 5.69 Å². The smallest absolute Gasteiger partial charge is 0.289 e. The summed E-state index contributed by atoms with van der Waals surface area (Å²) >= 11 is 0. The number of aromatic nitrogens is 4. The van der Waals surface area contributed by atoms with E-state index in [4.69, 9.17) is 0 Å². The van der Waals surface area contributed by atoms with Crippen LogP contribution in [0.5, 0.6) is 0 Å². The fourth-order valence-electron chi connectivity index (χ4n) is 3.63. The third-order valence-corrected chi connectivity index (χ3v) is 5.14. The fraction of sp³-hybridized carbons (Fsp3) is 0.250. The Kier molecular flexibility index (Phi) is 3.04. The van der Waals surface area contributed by atoms with Crippen LogP contribution in [0.1, 0.15) is 30.1 Å². The standard InChI is InChI=1S/C20H18N4O/c1-13-16-5-3-2-4-14(16)10-22-17(13)12-23-19-11-21-9-8-18(19)24(20(23)25)15-6-7-15/h2-5,8-11,15H,6-7,12H2,1H3. The molecule has 1 saturated carbocycles. The van der Waals surface area contributed by atoms with E-state index in [0.717, 1.165) is 40.5 Å². The van der Waals surface area contributed by atoms with Crippen LogP contribution in [0.15, 0.2) is 53.7 Å². The molecule has 0 atom stereocenters. The molecule has 5 rings (SSSR count). The maximum Gasteiger partial charge on any atom is 0.329 e. The predicted octanol–water partition coefficient (Wildman–Crippen LogP) is 3.44. The van der Waals surface area contributed by atoms with E-state index in [0.29, 0.717) is 12.6 Å². The number of pyridine rings is 2. The molecule has 0 unspecified atom stereocenters. The first-order chi connectivity index (χ1) is 12.2. The van der Waals surface area contributed by atoms with Crippen molar-refractivity contribution in [3.05, 3.63) is 70.7 Å². The van der Waals surface area contributed by atoms with Crippen molar-refractivity contribution < 1.29 is 0 Å². The van der Waals surface area contributed by atoms with E-state index in [2.05, 4.69) is 29.0 Å². The molecular weight excluding hydrogens is 312 g/mol. The van der Waals surface area contributed by atoms with E-state index >= 15 is 0 Å². The number of imidazole rings is 1. The van der Waals surface area contributed by atoms with Crippen LogP contribution in [-0.2, 0) is 6.54 Å². The summed E-state index contributed by atoms with van der Waals surface area (Å²) in [6.07, 6.45) is 7.58. The number of hydrogen-bond donors (Lipinski definition) is 0. The highest BCUT2D eigenvalue weighted by atomic mass is 16.1. The number of benzene rings is 1. The molecule has 3 heterocycles. The van der Waals surface area contributed by atoms with Crippen LogP contribution in [0, 0.1) is 6.92 Å². The summed E-state index contributed by atoms with van der Waals surface area (Å²) in [5.41, 5.74) is 3.95. The first-order valence-electron chi connectivity index (χ1n) is 8.62. The van der Waals surface area contributed by atoms with Gasteiger partial charge in [-0.15, -0.1) is 0 Å². The molecule has 1 aliphatic carbocycles. The van der Waals surface area contributed by atoms with E-state index in [1.54, 1.807) is 12.4 Å². The molecule has 5 heteroatoms. The van der Waals surface area contributed by atoms with Gasteiger partial charge in [0.25, 0.3) is 0 Å². The van der Waals surface area contributed by atoms with Crippen molar-refractivity contribution in [2.45, 2.75) is 32.4 Å². The molecule has 25 heavy (non-hydrogen) atoms. The third kappa shape index (κ3) is 2.19. The Bertz CT molecular complexity index is 1170. The van der Waals surface area contributed by atoms with Crippen molar-refractivity contribution in [3.8, 4) is 0 Å². The zero-order chi connectivity index (χ0) is 17.0. The van der Waals surface area contributed by atoms with Gasteiger partial charge < -0.3 is 0 Å². The maximum absolute atomic E-state index is 13.0. The van der Waals surface area contributed by atoms with E-state index < -0.39 is 0 Å². The lowest BCUT2D eigenvalue weighted by atomic mass is 10.1. The number of nitrogens with zero attached hydrogens (tertiary/aromatic N) is 4. The molecule has 5 nitrogen and oxygen atoms in total. The molecule has 0 saturated heterocycles. The molecule has 0 bridgehead atoms. The Labute approximate surface area is 144 Å². The normalized spacial score (nSPS) is 14.4. The summed E-state index contributed by atoms with van der Waals surface area (Å²) in [4.78, 5) is 21.9. The van der Waals surface area contributed by atoms with Crippen molar-refractivity contribution in [2.24, 2.45) is 0 Å². The minimum absolute atomic E-state index is 0.0415. The van der Waals surface area contributed by atoms with Gasteiger partial charge in [0.1, 0.15) is 0 Å². The molecule has 1 aromatic carbocycles. The van der Waals surface area contributed by atoms with Crippen LogP contribution >= 0.6 is 0 Å². The number of rotatable bonds is 3. The topological polar surface area (TPSA) is 52.7 Å². The van der Waals surface area contributed by atoms with Crippen molar-refractivity contribution >= 4 is 21.8 Å². The van der Waals surface area contributed by atoms with Gasteiger partial charge in [-0.05, 0) is 36.8 Å². The zero-order valence-corrected chi connectivity index (χ0v) is 14.0. The van der Waals surface area contributed by atoms with Crippen LogP contribution in [0.3, 0.4) is 0 Å². The minimum Gasteiger partial charge on any atom is -0.289 e. The average Bonchev–Trinajstić information content (AvgIpc) is 3.43. The molecular formula is C20H18N4O. The molecule has 3 aromatic heterocycles. The highest BCUT2D eigenvalue weighted by Crippen LogP contribution is 2.36. The van der Waals surface area contributed by atoms with Gasteiger partial charge in [-0.25, -0.2) is 4.79 Å². The fourth-order valence-corrected chi connectivity index (χ4v) is 3.63. The largest absolute Gasteiger partial charge is 0.329 e. The second kappa shape index (κ2) is 5.28. The van der Waals surface area contributed by atoms with E-state index in [1.165, 1.54) is 5.39 Å². The van der Waals surface area contributed by atoms with Crippen LogP contribution in [0.4, 0.5) is 0 Å². The summed E-state index contributed by atoms with van der Waals surface area (Å²) in [6.45, 7) is 2.55. The molecule has 4 aromatic rings. The van der Waals surface area contributed by atoms with Gasteiger partial charge in [0.15, 0.2) is 0 Å². The quantitative estimate of drug-likeness (QED) is 0.578. The minimum atomic E-state index is 0.0415. The van der Waals surface area contributed by atoms with Gasteiger partial charge in [0, 0.05) is 23.8 Å². The molecule has 0 radical (unpaired) electrons. The van der Waals surface area contributed by atoms with Crippen LogP contribution in [-0.4, -0.2) is 19.1 Å². The second-order valence-corrected chi connectivity index (χ2v) is 6.75. The van der Waals surface area contributed by atoms with E-state index in [9.17, 15) is 4.79 Å². The summed E-state index contributed by atoms with van der Waals surface area (Å²) in [5, 5.41) is 2.31. The highest BCUT2D eigenvalue weighted by molar-refractivity contribution is 5.85. The van der Waals surface area contributed by atoms with Gasteiger partial charge in [0.05, 0.1) is 29.5 Å². The van der Waals surface area contributed by atoms with Crippen molar-refractivity contribution in [1.82, 2.24) is 19.1 Å². The Morgan fingerprint density at radius 2 is 1.96 bits per heavy atom. The zero-order valence-electron chi connectivity index (χ0n) is 14.0. The SMILES string of the molecule is Cc1c(Cn2c(=O)n(C3CC3)c3ccncc32)ncc2ccccc12. The van der Waals surface area contributed by atoms with Crippen molar-refractivity contribution in [1.29, 1.82) is 0 Å². The third-order valence-electron chi connectivity index (χ3n) is 5.14. The highest BCUT2D eigenvalue weighted by Gasteiger charge is 2.29. The summed E-state index contributed by atoms with van der Waals surface area (Å²) in [7, 11) is 0. The first kappa shape index (κ1) is 14.4. The monoisotopic (exact) mass is 330 g/mol. The van der Waals surface area contributed by atoms with Gasteiger partial charge in [-0.1, -0.05) is 24.3 Å². The Balaban J connectivity index is 1.69. The number of aryl methyl sites for hydroxylation is 1. The summed E-state index contributed by atoms with van der Waals surface area (Å²) < 4.78 is 3.73. The first-order valence-corrected chi connectivity index (χ1v) is 8.62. The van der Waals surface area contributed by atoms with Crippen molar-refractivity contribution in [2.75, 3.05) is 0 Å². The molecule has 124 valence electrons. The Morgan fingerprint density at radius 1 is 1.12 bits per heavy atom. The summed E-state index contributed by atoms with van der Waals surface area (Å²) in [5.74, 6) is 0. The van der Waals surface area contributed by atoms with E-state index in [-0.39, 0.29) is 5.69 Å². The van der Waals surface area contributed by atoms with Gasteiger partial charge in [-0.3, -0.25) is 19.1 Å². The lowest BCUT2D eigenvalue weighted by Gasteiger charge is -2.09. The second-order valence-electron chi connectivity index (χ2n) is 6.75. The maximum atomic E-state index is 13.0. The molecule has 0 amide bonds. The lowest BCUT2D eigenvalue weighted by molar-refractivity contribution is 0.665. The predicted molar refractivity (Wildman–Crippen MR) is 97.8 cm³/mol. The van der Waals surface area contributed by atoms with Gasteiger partial charge in [0.2, 0.25) is 0 Å². The van der Waals surface area contributed by atoms with Crippen LogP contribution < -0.4 is 5.69 Å². The van der Waals surface area contributed by atoms with Crippen LogP contribution in [0.25, 0.3) is 21.8 Å². The average molecular weight is 330 g/mol. The number of fused-ring (bicyclic) bond motifs is 2. The Hall–Kier alpha value is -2.95. The number of hydrogen-bond acceptors (Lipinski definition) is 3. The van der Waals surface area contributed by atoms with Crippen LogP contribution in [0.2, 0.25) is 0 Å². The Morgan fingerprint density at radius 3 is 2.80 bits per heavy atom. The molecule has 1 aliphatic rings. The summed E-state index contributed by atoms with van der Waals surface area (Å²) in [6, 6.07) is 10.5. The molecule has 1 fully saturated rings. The van der Waals surface area contributed by atoms with Gasteiger partial charge in [-0.2, -0.15) is 0 Å². The van der Waals surface area contributed by atoms with E-state index in [1.807, 2.05) is 33.5 Å². The molecule has 0 N–H and O–H groups in total.